The first-order valence-corrected chi connectivity index (χ1v) is 10.5. The molecule has 0 bridgehead atoms. The number of aromatic nitrogens is 2. The van der Waals surface area contributed by atoms with Gasteiger partial charge in [-0.2, -0.15) is 4.74 Å². The van der Waals surface area contributed by atoms with Crippen LogP contribution in [0.2, 0.25) is 0 Å². The Hall–Kier alpha value is -3.32. The summed E-state index contributed by atoms with van der Waals surface area (Å²) in [5, 5.41) is 1.60. The third-order valence-electron chi connectivity index (χ3n) is 5.40. The fraction of sp³-hybridized carbons (Fsp3) is 0.333. The summed E-state index contributed by atoms with van der Waals surface area (Å²) in [7, 11) is 1.98. The summed E-state index contributed by atoms with van der Waals surface area (Å²) in [6, 6.07) is 15.5. The molecule has 7 heteroatoms. The van der Waals surface area contributed by atoms with Crippen LogP contribution >= 0.6 is 0 Å². The van der Waals surface area contributed by atoms with Gasteiger partial charge < -0.3 is 18.6 Å². The van der Waals surface area contributed by atoms with Crippen molar-refractivity contribution < 1.29 is 18.8 Å². The molecule has 0 amide bonds. The van der Waals surface area contributed by atoms with E-state index in [4.69, 9.17) is 14.0 Å². The summed E-state index contributed by atoms with van der Waals surface area (Å²) in [5.41, 5.74) is 3.20. The summed E-state index contributed by atoms with van der Waals surface area (Å²) in [5.74, 6) is -0.398. The molecule has 2 heterocycles. The van der Waals surface area contributed by atoms with Gasteiger partial charge in [-0.1, -0.05) is 24.3 Å². The van der Waals surface area contributed by atoms with E-state index in [1.165, 1.54) is 4.74 Å². The van der Waals surface area contributed by atoms with Gasteiger partial charge in [-0.15, -0.1) is 0 Å². The van der Waals surface area contributed by atoms with Gasteiger partial charge in [-0.05, 0) is 49.1 Å². The van der Waals surface area contributed by atoms with Crippen LogP contribution in [0, 0.1) is 0 Å². The number of aryl methyl sites for hydroxylation is 1. The van der Waals surface area contributed by atoms with Crippen LogP contribution in [0.1, 0.15) is 25.1 Å². The molecule has 1 unspecified atom stereocenters. The zero-order valence-corrected chi connectivity index (χ0v) is 18.0. The maximum absolute atomic E-state index is 13.0. The highest BCUT2D eigenvalue weighted by Crippen LogP contribution is 2.20. The van der Waals surface area contributed by atoms with Crippen LogP contribution in [0.5, 0.6) is 0 Å². The minimum Gasteiger partial charge on any atom is -0.464 e. The van der Waals surface area contributed by atoms with Crippen molar-refractivity contribution in [2.75, 3.05) is 13.2 Å². The Bertz CT molecular complexity index is 1280. The molecule has 7 nitrogen and oxygen atoms in total. The molecule has 2 aromatic carbocycles. The van der Waals surface area contributed by atoms with Gasteiger partial charge in [-0.3, -0.25) is 4.79 Å². The van der Waals surface area contributed by atoms with Gasteiger partial charge in [0.1, 0.15) is 0 Å². The highest BCUT2D eigenvalue weighted by atomic mass is 16.6. The number of benzene rings is 2. The minimum atomic E-state index is -0.702. The molecule has 0 radical (unpaired) electrons. The molecule has 0 fully saturated rings. The van der Waals surface area contributed by atoms with E-state index >= 15 is 0 Å². The first-order chi connectivity index (χ1) is 15.0. The van der Waals surface area contributed by atoms with Crippen molar-refractivity contribution in [2.45, 2.75) is 32.9 Å². The predicted octanol–water partition coefficient (Wildman–Crippen LogP) is 3.65. The Morgan fingerprint density at radius 3 is 2.65 bits per heavy atom. The van der Waals surface area contributed by atoms with Crippen molar-refractivity contribution in [3.8, 4) is 0 Å². The Morgan fingerprint density at radius 2 is 1.90 bits per heavy atom. The third kappa shape index (κ3) is 4.14. The number of hydrogen-bond acceptors (Lipinski definition) is 5. The smallest absolute Gasteiger partial charge is 0.335 e. The van der Waals surface area contributed by atoms with E-state index in [-0.39, 0.29) is 5.56 Å². The molecule has 162 valence electrons. The lowest BCUT2D eigenvalue weighted by Crippen LogP contribution is -2.29. The maximum Gasteiger partial charge on any atom is 0.335 e. The second-order valence-corrected chi connectivity index (χ2v) is 7.42. The second-order valence-electron chi connectivity index (χ2n) is 7.42. The quantitative estimate of drug-likeness (QED) is 0.405. The molecule has 0 N–H and O–H groups in total. The number of nitrogens with zero attached hydrogens (tertiary/aromatic N) is 2. The van der Waals surface area contributed by atoms with Crippen LogP contribution in [0.25, 0.3) is 21.9 Å². The normalized spacial score (nSPS) is 12.5. The van der Waals surface area contributed by atoms with E-state index in [1.807, 2.05) is 44.3 Å². The summed E-state index contributed by atoms with van der Waals surface area (Å²) in [4.78, 5) is 25.1. The van der Waals surface area contributed by atoms with Crippen molar-refractivity contribution in [1.29, 1.82) is 0 Å². The SMILES string of the molecule is CCOC(=O)C(Cc1ccc2on(Cc3cc4ccccc4n3C)c(=O)c2c1)OCC. The van der Waals surface area contributed by atoms with Crippen LogP contribution in [-0.4, -0.2) is 34.6 Å². The first-order valence-electron chi connectivity index (χ1n) is 10.5. The van der Waals surface area contributed by atoms with Crippen molar-refractivity contribution in [2.24, 2.45) is 7.05 Å². The molecule has 0 aliphatic carbocycles. The van der Waals surface area contributed by atoms with E-state index in [0.29, 0.717) is 37.1 Å². The van der Waals surface area contributed by atoms with E-state index < -0.39 is 12.1 Å². The first kappa shape index (κ1) is 20.9. The molecular weight excluding hydrogens is 396 g/mol. The number of carbonyl (C=O) groups excluding carboxylic acids is 1. The number of rotatable bonds is 8. The molecule has 2 aromatic heterocycles. The standard InChI is InChI=1S/C24H26N2O5/c1-4-29-22(24(28)30-5-2)13-16-10-11-21-19(12-16)23(27)26(31-21)15-18-14-17-8-6-7-9-20(17)25(18)3/h6-12,14,22H,4-5,13,15H2,1-3H3. The van der Waals surface area contributed by atoms with Gasteiger partial charge in [0.2, 0.25) is 0 Å². The highest BCUT2D eigenvalue weighted by molar-refractivity contribution is 5.81. The average molecular weight is 422 g/mol. The lowest BCUT2D eigenvalue weighted by molar-refractivity contribution is -0.156. The van der Waals surface area contributed by atoms with Gasteiger partial charge in [0.05, 0.1) is 18.5 Å². The van der Waals surface area contributed by atoms with E-state index in [0.717, 1.165) is 22.2 Å². The molecule has 31 heavy (non-hydrogen) atoms. The van der Waals surface area contributed by atoms with E-state index in [9.17, 15) is 9.59 Å². The van der Waals surface area contributed by atoms with E-state index in [2.05, 4.69) is 10.6 Å². The fourth-order valence-corrected chi connectivity index (χ4v) is 3.86. The topological polar surface area (TPSA) is 75.6 Å². The van der Waals surface area contributed by atoms with Crippen LogP contribution in [0.4, 0.5) is 0 Å². The summed E-state index contributed by atoms with van der Waals surface area (Å²) < 4.78 is 19.9. The monoisotopic (exact) mass is 422 g/mol. The largest absolute Gasteiger partial charge is 0.464 e. The molecule has 1 atom stereocenters. The van der Waals surface area contributed by atoms with Crippen molar-refractivity contribution in [3.63, 3.8) is 0 Å². The Morgan fingerprint density at radius 1 is 1.10 bits per heavy atom. The van der Waals surface area contributed by atoms with Crippen LogP contribution in [0.15, 0.2) is 57.8 Å². The van der Waals surface area contributed by atoms with Gasteiger partial charge >= 0.3 is 5.97 Å². The fourth-order valence-electron chi connectivity index (χ4n) is 3.86. The maximum atomic E-state index is 13.0. The Balaban J connectivity index is 1.62. The highest BCUT2D eigenvalue weighted by Gasteiger charge is 2.21. The molecule has 4 rings (SSSR count). The van der Waals surface area contributed by atoms with Crippen molar-refractivity contribution >= 4 is 27.8 Å². The molecule has 4 aromatic rings. The average Bonchev–Trinajstić information content (AvgIpc) is 3.25. The van der Waals surface area contributed by atoms with Gasteiger partial charge in [-0.25, -0.2) is 4.79 Å². The summed E-state index contributed by atoms with van der Waals surface area (Å²) >= 11 is 0. The third-order valence-corrected chi connectivity index (χ3v) is 5.40. The molecule has 0 spiro atoms. The minimum absolute atomic E-state index is 0.203. The van der Waals surface area contributed by atoms with Crippen LogP contribution in [-0.2, 0) is 34.3 Å². The zero-order chi connectivity index (χ0) is 22.0. The van der Waals surface area contributed by atoms with Crippen molar-refractivity contribution in [1.82, 2.24) is 9.31 Å². The Labute approximate surface area is 179 Å². The molecule has 0 saturated carbocycles. The molecule has 0 aliphatic rings. The Kier molecular flexibility index (Phi) is 5.95. The summed E-state index contributed by atoms with van der Waals surface area (Å²) in [6.45, 7) is 4.61. The lowest BCUT2D eigenvalue weighted by atomic mass is 10.1. The van der Waals surface area contributed by atoms with Gasteiger partial charge in [0.25, 0.3) is 5.56 Å². The van der Waals surface area contributed by atoms with Gasteiger partial charge in [0.15, 0.2) is 11.7 Å². The summed E-state index contributed by atoms with van der Waals surface area (Å²) in [6.07, 6.45) is -0.372. The second kappa shape index (κ2) is 8.81. The number of carbonyl (C=O) groups is 1. The molecule has 0 saturated heterocycles. The molecular formula is C24H26N2O5. The van der Waals surface area contributed by atoms with Crippen LogP contribution < -0.4 is 5.56 Å². The number of para-hydroxylation sites is 1. The lowest BCUT2D eigenvalue weighted by Gasteiger charge is -2.15. The number of ether oxygens (including phenoxy) is 2. The number of esters is 1. The van der Waals surface area contributed by atoms with Crippen LogP contribution in [0.3, 0.4) is 0 Å². The van der Waals surface area contributed by atoms with E-state index in [1.54, 1.807) is 19.1 Å². The number of hydrogen-bond donors (Lipinski definition) is 0. The van der Waals surface area contributed by atoms with Crippen molar-refractivity contribution in [3.05, 3.63) is 70.1 Å². The molecule has 0 aliphatic heterocycles. The zero-order valence-electron chi connectivity index (χ0n) is 18.0. The van der Waals surface area contributed by atoms with Gasteiger partial charge in [0, 0.05) is 31.3 Å². The predicted molar refractivity (Wildman–Crippen MR) is 118 cm³/mol. The number of fused-ring (bicyclic) bond motifs is 2.